The first-order valence-electron chi connectivity index (χ1n) is 41.2. The van der Waals surface area contributed by atoms with Crippen molar-refractivity contribution in [2.45, 2.75) is 116 Å². The molecule has 25 heteroatoms. The summed E-state index contributed by atoms with van der Waals surface area (Å²) in [6.07, 6.45) is 11.9. The molecule has 10 aromatic rings. The van der Waals surface area contributed by atoms with Crippen molar-refractivity contribution in [3.05, 3.63) is 338 Å². The SMILES string of the molecule is C=CCN(C(=O)OCc1ccc([N+](=O)[O-])cc1)C1CCN(CCC(c2ccccc2)n2cnc3ccccc32)CC1.C=CCN(C(=O)OCc1ccc([N+](=O)[O-])cc1)C1CCN(C[C@H]2CN(Cc3ccccc3)C[C@@H]2c2ccccc2)CC1.O=S1CC2(CCN(CC[C@H](CNS(=O)(=O)c3ccccc3)c3cccc(Cl)c3)CC2)c2ccccc21. The lowest BCUT2D eigenvalue weighted by atomic mass is 9.74. The molecule has 2 amide bonds. The number of halogens is 1. The van der Waals surface area contributed by atoms with Crippen LogP contribution in [0.2, 0.25) is 5.02 Å². The summed E-state index contributed by atoms with van der Waals surface area (Å²) >= 11 is 6.27. The van der Waals surface area contributed by atoms with E-state index in [1.807, 2.05) is 60.9 Å². The molecule has 1 spiro atoms. The fourth-order valence-corrected chi connectivity index (χ4v) is 20.6. The van der Waals surface area contributed by atoms with Crippen LogP contribution >= 0.6 is 11.6 Å². The van der Waals surface area contributed by atoms with Crippen LogP contribution in [0, 0.1) is 26.1 Å². The molecule has 5 aliphatic rings. The van der Waals surface area contributed by atoms with Gasteiger partial charge in [-0.15, -0.1) is 13.2 Å². The summed E-state index contributed by atoms with van der Waals surface area (Å²) < 4.78 is 54.7. The molecule has 6 heterocycles. The summed E-state index contributed by atoms with van der Waals surface area (Å²) in [6.45, 7) is 20.5. The van der Waals surface area contributed by atoms with Crippen LogP contribution in [0.3, 0.4) is 0 Å². The van der Waals surface area contributed by atoms with Crippen LogP contribution in [0.15, 0.2) is 284 Å². The molecule has 15 rings (SSSR count). The first-order valence-corrected chi connectivity index (χ1v) is 44.4. The number of nitrogens with zero attached hydrogens (tertiary/aromatic N) is 10. The van der Waals surface area contributed by atoms with E-state index in [2.05, 4.69) is 156 Å². The first-order chi connectivity index (χ1) is 57.9. The van der Waals surface area contributed by atoms with Gasteiger partial charge in [-0.1, -0.05) is 175 Å². The van der Waals surface area contributed by atoms with Gasteiger partial charge < -0.3 is 38.5 Å². The van der Waals surface area contributed by atoms with Crippen LogP contribution in [-0.4, -0.2) is 183 Å². The summed E-state index contributed by atoms with van der Waals surface area (Å²) in [5.74, 6) is 1.77. The molecule has 5 atom stereocenters. The first kappa shape index (κ1) is 86.3. The number of para-hydroxylation sites is 2. The standard InChI is InChI=1S/C34H40N4O4.C32H35N5O4.C28H31ClN2O3S2/c1-2-19-37(34(39)42-26-28-13-15-32(16-14-28)38(40)41)31-17-20-35(21-18-31)23-30-24-36(22-27-9-5-3-6-10-27)25-33(30)29-11-7-4-8-12-29;1-2-19-35(32(38)41-23-25-12-14-28(15-13-25)37(39)40)27-16-20-34(21-17-27)22-18-30(26-8-4-3-5-9-26)36-24-33-29-10-6-7-11-31(29)36;29-24-8-6-7-22(19-24)23(20-30-36(33,34)25-9-2-1-3-10-25)13-16-31-17-14-28(15-18-31)21-35(32)27-12-5-4-11-26(27)28/h2-16,30-31,33H,1,17-26H2;2-15,24,27,30H,1,16-23H2;1-12,19,23,30H,13-18,20-21H2/t30-,33+;;23-,35?/m0.1/s1. The van der Waals surface area contributed by atoms with Gasteiger partial charge in [-0.05, 0) is 189 Å². The molecule has 4 fully saturated rings. The number of fused-ring (bicyclic) bond motifs is 3. The van der Waals surface area contributed by atoms with E-state index >= 15 is 0 Å². The average Bonchev–Trinajstić information content (AvgIpc) is 1.60. The largest absolute Gasteiger partial charge is 0.445 e. The number of amides is 2. The molecule has 0 bridgehead atoms. The molecule has 622 valence electrons. The molecule has 0 saturated carbocycles. The highest BCUT2D eigenvalue weighted by atomic mass is 35.5. The van der Waals surface area contributed by atoms with Crippen molar-refractivity contribution in [1.82, 2.24) is 43.7 Å². The third-order valence-corrected chi connectivity index (χ3v) is 27.3. The highest BCUT2D eigenvalue weighted by Crippen LogP contribution is 2.45. The quantitative estimate of drug-likeness (QED) is 0.0250. The maximum absolute atomic E-state index is 13.1. The number of nitro benzene ring substituents is 2. The van der Waals surface area contributed by atoms with E-state index in [-0.39, 0.29) is 65.0 Å². The minimum absolute atomic E-state index is 0.00205. The zero-order chi connectivity index (χ0) is 83.1. The van der Waals surface area contributed by atoms with Gasteiger partial charge in [0.1, 0.15) is 13.2 Å². The van der Waals surface area contributed by atoms with Crippen LogP contribution in [0.25, 0.3) is 11.0 Å². The Kier molecular flexibility index (Phi) is 30.4. The zero-order valence-corrected chi connectivity index (χ0v) is 69.6. The van der Waals surface area contributed by atoms with Gasteiger partial charge in [0.2, 0.25) is 10.0 Å². The molecule has 0 radical (unpaired) electrons. The lowest BCUT2D eigenvalue weighted by Gasteiger charge is -2.40. The summed E-state index contributed by atoms with van der Waals surface area (Å²) in [5.41, 5.74) is 9.94. The molecule has 5 aliphatic heterocycles. The highest BCUT2D eigenvalue weighted by Gasteiger charge is 2.45. The summed E-state index contributed by atoms with van der Waals surface area (Å²) in [4.78, 5) is 66.5. The predicted molar refractivity (Wildman–Crippen MR) is 468 cm³/mol. The van der Waals surface area contributed by atoms with Crippen molar-refractivity contribution in [2.24, 2.45) is 5.92 Å². The number of hydrogen-bond donors (Lipinski definition) is 1. The maximum atomic E-state index is 13.1. The molecule has 1 N–H and O–H groups in total. The smallest absolute Gasteiger partial charge is 0.410 e. The molecular weight excluding hydrogens is 1560 g/mol. The fraction of sp³-hybridized carbons (Fsp3) is 0.351. The van der Waals surface area contributed by atoms with Gasteiger partial charge in [-0.3, -0.25) is 29.3 Å². The second-order valence-corrected chi connectivity index (χ2v) is 35.2. The number of carbonyl (C=O) groups excluding carboxylic acids is 2. The van der Waals surface area contributed by atoms with E-state index in [9.17, 15) is 42.4 Å². The van der Waals surface area contributed by atoms with E-state index < -0.39 is 36.8 Å². The fourth-order valence-electron chi connectivity index (χ4n) is 17.5. The number of sulfonamides is 1. The molecule has 4 saturated heterocycles. The third-order valence-electron chi connectivity index (χ3n) is 24.0. The number of non-ortho nitro benzene ring substituents is 2. The van der Waals surface area contributed by atoms with Gasteiger partial charge in [0.15, 0.2) is 0 Å². The molecule has 9 aromatic carbocycles. The van der Waals surface area contributed by atoms with Crippen molar-refractivity contribution in [2.75, 3.05) is 97.4 Å². The number of carbonyl (C=O) groups is 2. The molecule has 2 unspecified atom stereocenters. The number of likely N-dealkylation sites (tertiary alicyclic amines) is 4. The van der Waals surface area contributed by atoms with Crippen molar-refractivity contribution in [3.63, 3.8) is 0 Å². The van der Waals surface area contributed by atoms with Crippen molar-refractivity contribution < 1.29 is 41.5 Å². The van der Waals surface area contributed by atoms with E-state index in [0.29, 0.717) is 47.6 Å². The Bertz CT molecular complexity index is 5130. The number of rotatable bonds is 30. The molecule has 0 aliphatic carbocycles. The average molecular weight is 1670 g/mol. The lowest BCUT2D eigenvalue weighted by Crippen LogP contribution is -2.48. The topological polar surface area (TPSA) is 239 Å². The van der Waals surface area contributed by atoms with Gasteiger partial charge in [-0.25, -0.2) is 27.7 Å². The number of hydrogen-bond acceptors (Lipinski definition) is 16. The second-order valence-electron chi connectivity index (χ2n) is 31.6. The molecule has 119 heavy (non-hydrogen) atoms. The molecular formula is C94H106ClN11O11S2. The van der Waals surface area contributed by atoms with E-state index in [1.54, 1.807) is 76.5 Å². The molecule has 22 nitrogen and oxygen atoms in total. The van der Waals surface area contributed by atoms with Crippen molar-refractivity contribution >= 4 is 67.0 Å². The minimum Gasteiger partial charge on any atom is -0.445 e. The maximum Gasteiger partial charge on any atom is 0.410 e. The van der Waals surface area contributed by atoms with Crippen molar-refractivity contribution in [3.8, 4) is 0 Å². The number of aromatic nitrogens is 2. The Morgan fingerprint density at radius 1 is 0.597 bits per heavy atom. The Morgan fingerprint density at radius 3 is 1.71 bits per heavy atom. The van der Waals surface area contributed by atoms with Crippen LogP contribution < -0.4 is 4.72 Å². The Hall–Kier alpha value is -10.5. The Morgan fingerprint density at radius 2 is 1.12 bits per heavy atom. The number of benzene rings is 9. The van der Waals surface area contributed by atoms with Gasteiger partial charge >= 0.3 is 12.2 Å². The minimum atomic E-state index is -3.59. The van der Waals surface area contributed by atoms with Gasteiger partial charge in [0.25, 0.3) is 11.4 Å². The predicted octanol–water partition coefficient (Wildman–Crippen LogP) is 17.3. The van der Waals surface area contributed by atoms with Gasteiger partial charge in [0.05, 0.1) is 48.9 Å². The third kappa shape index (κ3) is 23.1. The number of nitro groups is 2. The van der Waals surface area contributed by atoms with Crippen LogP contribution in [0.1, 0.15) is 108 Å². The summed E-state index contributed by atoms with van der Waals surface area (Å²) in [6, 6.07) is 77.3. The monoisotopic (exact) mass is 1660 g/mol. The number of imidazole rings is 1. The second kappa shape index (κ2) is 41.9. The van der Waals surface area contributed by atoms with E-state index in [1.165, 1.54) is 46.5 Å². The van der Waals surface area contributed by atoms with E-state index in [4.69, 9.17) is 21.1 Å². The van der Waals surface area contributed by atoms with Gasteiger partial charge in [-0.2, -0.15) is 0 Å². The van der Waals surface area contributed by atoms with Gasteiger partial charge in [0, 0.05) is 142 Å². The van der Waals surface area contributed by atoms with Crippen molar-refractivity contribution in [1.29, 1.82) is 0 Å². The number of nitrogens with one attached hydrogen (secondary N) is 1. The van der Waals surface area contributed by atoms with Crippen LogP contribution in [-0.2, 0) is 55.5 Å². The highest BCUT2D eigenvalue weighted by molar-refractivity contribution is 7.89. The summed E-state index contributed by atoms with van der Waals surface area (Å²) in [5, 5.41) is 22.4. The zero-order valence-electron chi connectivity index (χ0n) is 67.2. The normalized spacial score (nSPS) is 18.3. The molecule has 1 aromatic heterocycles. The number of ether oxygens (including phenoxy) is 2. The Balaban J connectivity index is 0.000000155. The number of piperidine rings is 3. The Labute approximate surface area is 705 Å². The lowest BCUT2D eigenvalue weighted by molar-refractivity contribution is -0.385. The van der Waals surface area contributed by atoms with E-state index in [0.717, 1.165) is 157 Å². The van der Waals surface area contributed by atoms with Crippen LogP contribution in [0.5, 0.6) is 0 Å². The summed E-state index contributed by atoms with van der Waals surface area (Å²) in [7, 11) is -4.50. The van der Waals surface area contributed by atoms with Crippen LogP contribution in [0.4, 0.5) is 21.0 Å².